The summed E-state index contributed by atoms with van der Waals surface area (Å²) in [6.45, 7) is 6.08. The fourth-order valence-electron chi connectivity index (χ4n) is 2.21. The van der Waals surface area contributed by atoms with Gasteiger partial charge in [-0.2, -0.15) is 0 Å². The van der Waals surface area contributed by atoms with Gasteiger partial charge in [-0.1, -0.05) is 31.2 Å². The Hall–Kier alpha value is -1.28. The molecular weight excluding hydrogens is 200 g/mol. The number of methoxy groups -OCH3 is 1. The molecule has 1 N–H and O–H groups in total. The lowest BCUT2D eigenvalue weighted by Crippen LogP contribution is -2.35. The summed E-state index contributed by atoms with van der Waals surface area (Å²) in [5, 5.41) is 10.4. The fraction of sp³-hybridized carbons (Fsp3) is 0.429. The number of ether oxygens (including phenoxy) is 1. The molecule has 1 fully saturated rings. The van der Waals surface area contributed by atoms with E-state index in [0.29, 0.717) is 0 Å². The van der Waals surface area contributed by atoms with E-state index in [0.717, 1.165) is 29.7 Å². The SMILES string of the molecule is C=C1CCC1(C)C(O)c1cccc(OC)c1. The number of rotatable bonds is 3. The largest absolute Gasteiger partial charge is 0.497 e. The number of hydrogen-bond donors (Lipinski definition) is 1. The molecule has 0 saturated heterocycles. The number of hydrogen-bond acceptors (Lipinski definition) is 2. The quantitative estimate of drug-likeness (QED) is 0.790. The summed E-state index contributed by atoms with van der Waals surface area (Å²) in [4.78, 5) is 0. The van der Waals surface area contributed by atoms with Crippen LogP contribution in [0.4, 0.5) is 0 Å². The Bertz CT molecular complexity index is 411. The maximum atomic E-state index is 10.4. The van der Waals surface area contributed by atoms with E-state index in [9.17, 15) is 5.11 Å². The topological polar surface area (TPSA) is 29.5 Å². The van der Waals surface area contributed by atoms with E-state index in [1.165, 1.54) is 0 Å². The van der Waals surface area contributed by atoms with Gasteiger partial charge < -0.3 is 9.84 Å². The molecule has 0 bridgehead atoms. The first-order valence-electron chi connectivity index (χ1n) is 5.58. The Balaban J connectivity index is 2.26. The van der Waals surface area contributed by atoms with Gasteiger partial charge in [0.25, 0.3) is 0 Å². The fourth-order valence-corrected chi connectivity index (χ4v) is 2.21. The summed E-state index contributed by atoms with van der Waals surface area (Å²) < 4.78 is 5.16. The maximum absolute atomic E-state index is 10.4. The highest BCUT2D eigenvalue weighted by Gasteiger charge is 2.42. The predicted octanol–water partition coefficient (Wildman–Crippen LogP) is 3.08. The summed E-state index contributed by atoms with van der Waals surface area (Å²) >= 11 is 0. The Morgan fingerprint density at radius 2 is 2.25 bits per heavy atom. The van der Waals surface area contributed by atoms with Gasteiger partial charge in [-0.15, -0.1) is 0 Å². The van der Waals surface area contributed by atoms with Crippen LogP contribution >= 0.6 is 0 Å². The van der Waals surface area contributed by atoms with E-state index in [2.05, 4.69) is 13.5 Å². The molecule has 2 heteroatoms. The molecule has 0 aliphatic heterocycles. The monoisotopic (exact) mass is 218 g/mol. The Kier molecular flexibility index (Phi) is 2.76. The highest BCUT2D eigenvalue weighted by atomic mass is 16.5. The molecule has 0 heterocycles. The minimum atomic E-state index is -0.483. The predicted molar refractivity (Wildman–Crippen MR) is 64.4 cm³/mol. The van der Waals surface area contributed by atoms with Gasteiger partial charge in [-0.05, 0) is 30.5 Å². The Labute approximate surface area is 96.6 Å². The standard InChI is InChI=1S/C14H18O2/c1-10-7-8-14(10,2)13(15)11-5-4-6-12(9-11)16-3/h4-6,9,13,15H,1,7-8H2,2-3H3. The molecule has 0 aromatic heterocycles. The van der Waals surface area contributed by atoms with Crippen molar-refractivity contribution in [2.45, 2.75) is 25.9 Å². The van der Waals surface area contributed by atoms with Gasteiger partial charge in [0, 0.05) is 5.41 Å². The molecular formula is C14H18O2. The van der Waals surface area contributed by atoms with E-state index in [1.807, 2.05) is 24.3 Å². The highest BCUT2D eigenvalue weighted by Crippen LogP contribution is 2.53. The number of aliphatic hydroxyl groups excluding tert-OH is 1. The van der Waals surface area contributed by atoms with E-state index in [-0.39, 0.29) is 5.41 Å². The molecule has 86 valence electrons. The number of benzene rings is 1. The van der Waals surface area contributed by atoms with Crippen molar-refractivity contribution in [2.24, 2.45) is 5.41 Å². The first-order chi connectivity index (χ1) is 7.58. The summed E-state index contributed by atoms with van der Waals surface area (Å²) in [6.07, 6.45) is 1.55. The van der Waals surface area contributed by atoms with Crippen molar-refractivity contribution in [3.63, 3.8) is 0 Å². The molecule has 1 aromatic rings. The molecule has 16 heavy (non-hydrogen) atoms. The zero-order chi connectivity index (χ0) is 11.8. The second-order valence-corrected chi connectivity index (χ2v) is 4.70. The third-order valence-corrected chi connectivity index (χ3v) is 3.77. The van der Waals surface area contributed by atoms with Crippen molar-refractivity contribution in [1.82, 2.24) is 0 Å². The molecule has 0 radical (unpaired) electrons. The summed E-state index contributed by atoms with van der Waals surface area (Å²) in [5.41, 5.74) is 1.89. The van der Waals surface area contributed by atoms with Crippen LogP contribution in [0.1, 0.15) is 31.4 Å². The lowest BCUT2D eigenvalue weighted by molar-refractivity contribution is 0.0261. The molecule has 2 unspecified atom stereocenters. The van der Waals surface area contributed by atoms with Crippen LogP contribution in [0, 0.1) is 5.41 Å². The lowest BCUT2D eigenvalue weighted by Gasteiger charge is -2.45. The Morgan fingerprint density at radius 3 is 2.75 bits per heavy atom. The van der Waals surface area contributed by atoms with Crippen molar-refractivity contribution >= 4 is 0 Å². The number of aliphatic hydroxyl groups is 1. The van der Waals surface area contributed by atoms with Crippen LogP contribution in [0.3, 0.4) is 0 Å². The summed E-state index contributed by atoms with van der Waals surface area (Å²) in [6, 6.07) is 7.61. The van der Waals surface area contributed by atoms with Crippen LogP contribution in [0.5, 0.6) is 5.75 Å². The van der Waals surface area contributed by atoms with Crippen molar-refractivity contribution in [2.75, 3.05) is 7.11 Å². The third-order valence-electron chi connectivity index (χ3n) is 3.77. The zero-order valence-corrected chi connectivity index (χ0v) is 9.86. The van der Waals surface area contributed by atoms with E-state index >= 15 is 0 Å². The normalized spacial score (nSPS) is 26.1. The Morgan fingerprint density at radius 1 is 1.50 bits per heavy atom. The van der Waals surface area contributed by atoms with E-state index < -0.39 is 6.10 Å². The first kappa shape index (κ1) is 11.2. The van der Waals surface area contributed by atoms with Crippen LogP contribution in [-0.2, 0) is 0 Å². The van der Waals surface area contributed by atoms with Gasteiger partial charge in [0.05, 0.1) is 13.2 Å². The van der Waals surface area contributed by atoms with Gasteiger partial charge >= 0.3 is 0 Å². The molecule has 0 amide bonds. The molecule has 1 aromatic carbocycles. The summed E-state index contributed by atoms with van der Waals surface area (Å²) in [5.74, 6) is 0.782. The molecule has 2 atom stereocenters. The van der Waals surface area contributed by atoms with Gasteiger partial charge in [-0.3, -0.25) is 0 Å². The van der Waals surface area contributed by atoms with Gasteiger partial charge in [0.1, 0.15) is 5.75 Å². The first-order valence-corrected chi connectivity index (χ1v) is 5.58. The van der Waals surface area contributed by atoms with Crippen LogP contribution in [0.15, 0.2) is 36.4 Å². The average Bonchev–Trinajstić information content (AvgIpc) is 2.35. The van der Waals surface area contributed by atoms with Gasteiger partial charge in [-0.25, -0.2) is 0 Å². The maximum Gasteiger partial charge on any atom is 0.119 e. The van der Waals surface area contributed by atoms with Crippen molar-refractivity contribution in [3.8, 4) is 5.75 Å². The molecule has 1 aliphatic rings. The van der Waals surface area contributed by atoms with Crippen LogP contribution in [-0.4, -0.2) is 12.2 Å². The smallest absolute Gasteiger partial charge is 0.119 e. The molecule has 2 rings (SSSR count). The highest BCUT2D eigenvalue weighted by molar-refractivity contribution is 5.34. The lowest BCUT2D eigenvalue weighted by atomic mass is 9.62. The minimum Gasteiger partial charge on any atom is -0.497 e. The molecule has 0 spiro atoms. The summed E-state index contributed by atoms with van der Waals surface area (Å²) in [7, 11) is 1.63. The van der Waals surface area contributed by atoms with Crippen molar-refractivity contribution in [3.05, 3.63) is 42.0 Å². The van der Waals surface area contributed by atoms with Crippen molar-refractivity contribution < 1.29 is 9.84 Å². The van der Waals surface area contributed by atoms with Crippen LogP contribution in [0.2, 0.25) is 0 Å². The van der Waals surface area contributed by atoms with Crippen LogP contribution < -0.4 is 4.74 Å². The van der Waals surface area contributed by atoms with E-state index in [1.54, 1.807) is 7.11 Å². The zero-order valence-electron chi connectivity index (χ0n) is 9.86. The molecule has 1 aliphatic carbocycles. The van der Waals surface area contributed by atoms with E-state index in [4.69, 9.17) is 4.74 Å². The molecule has 1 saturated carbocycles. The van der Waals surface area contributed by atoms with Gasteiger partial charge in [0.2, 0.25) is 0 Å². The minimum absolute atomic E-state index is 0.160. The second-order valence-electron chi connectivity index (χ2n) is 4.70. The molecule has 2 nitrogen and oxygen atoms in total. The second kappa shape index (κ2) is 3.95. The van der Waals surface area contributed by atoms with Crippen molar-refractivity contribution in [1.29, 1.82) is 0 Å². The van der Waals surface area contributed by atoms with Crippen LogP contribution in [0.25, 0.3) is 0 Å². The van der Waals surface area contributed by atoms with Gasteiger partial charge in [0.15, 0.2) is 0 Å². The average molecular weight is 218 g/mol. The third kappa shape index (κ3) is 1.63.